The summed E-state index contributed by atoms with van der Waals surface area (Å²) < 4.78 is 33.9. The van der Waals surface area contributed by atoms with Crippen LogP contribution in [0, 0.1) is 5.82 Å². The summed E-state index contributed by atoms with van der Waals surface area (Å²) in [6.45, 7) is 23.5. The Kier molecular flexibility index (Phi) is 26.3. The minimum Gasteiger partial charge on any atom is -0.438 e. The monoisotopic (exact) mass is 1580 g/mol. The molecule has 606 valence electrons. The molecule has 3 fully saturated rings. The summed E-state index contributed by atoms with van der Waals surface area (Å²) in [6.07, 6.45) is 9.34. The van der Waals surface area contributed by atoms with Crippen LogP contribution in [0.25, 0.3) is 33.1 Å². The summed E-state index contributed by atoms with van der Waals surface area (Å²) in [4.78, 5) is 93.0. The van der Waals surface area contributed by atoms with Crippen molar-refractivity contribution in [3.8, 4) is 34.9 Å². The van der Waals surface area contributed by atoms with Gasteiger partial charge in [0.15, 0.2) is 0 Å². The molecule has 117 heavy (non-hydrogen) atoms. The number of piperazine rings is 3. The van der Waals surface area contributed by atoms with E-state index in [-0.39, 0.29) is 29.5 Å². The molecule has 9 heterocycles. The first-order chi connectivity index (χ1) is 56.5. The van der Waals surface area contributed by atoms with E-state index in [2.05, 4.69) is 156 Å². The largest absolute Gasteiger partial charge is 0.438 e. The number of carbonyl (C=O) groups is 3. The van der Waals surface area contributed by atoms with Crippen LogP contribution in [0.5, 0.6) is 34.9 Å². The number of hydrogen-bond acceptors (Lipinski definition) is 24. The number of aromatic amines is 3. The van der Waals surface area contributed by atoms with Crippen LogP contribution in [0.1, 0.15) is 11.1 Å². The summed E-state index contributed by atoms with van der Waals surface area (Å²) >= 11 is 0. The molecule has 0 spiro atoms. The number of benzene rings is 6. The maximum Gasteiger partial charge on any atom is 0.247 e. The fraction of sp³-hybridized carbons (Fsp3) is 0.267. The first-order valence-electron chi connectivity index (χ1n) is 38.4. The average Bonchev–Trinajstić information content (AvgIpc) is 1.67. The van der Waals surface area contributed by atoms with Crippen LogP contribution in [0.4, 0.5) is 79.1 Å². The third-order valence-corrected chi connectivity index (χ3v) is 19.6. The number of rotatable bonds is 26. The van der Waals surface area contributed by atoms with E-state index in [1.165, 1.54) is 35.7 Å². The van der Waals surface area contributed by atoms with Crippen LogP contribution in [-0.2, 0) is 27.5 Å². The summed E-state index contributed by atoms with van der Waals surface area (Å²) in [7, 11) is 18.2. The number of amides is 3. The number of anilines is 13. The van der Waals surface area contributed by atoms with Gasteiger partial charge in [-0.05, 0) is 182 Å². The number of nitrogens with one attached hydrogen (secondary N) is 9. The van der Waals surface area contributed by atoms with Gasteiger partial charge in [-0.2, -0.15) is 29.9 Å². The Labute approximate surface area is 679 Å². The maximum atomic E-state index is 15.1. The third-order valence-electron chi connectivity index (χ3n) is 19.6. The molecule has 3 saturated heterocycles. The van der Waals surface area contributed by atoms with Crippen molar-refractivity contribution in [3.05, 3.63) is 213 Å². The lowest BCUT2D eigenvalue weighted by Crippen LogP contribution is -2.44. The molecule has 15 rings (SSSR count). The quantitative estimate of drug-likeness (QED) is 0.0228. The number of aromatic nitrogens is 9. The zero-order valence-corrected chi connectivity index (χ0v) is 67.3. The van der Waals surface area contributed by atoms with Crippen LogP contribution in [0.2, 0.25) is 0 Å². The Morgan fingerprint density at radius 2 is 0.761 bits per heavy atom. The predicted octanol–water partition coefficient (Wildman–Crippen LogP) is 13.4. The number of hydrogen-bond donors (Lipinski definition) is 9. The van der Waals surface area contributed by atoms with Crippen molar-refractivity contribution in [2.45, 2.75) is 13.1 Å². The Bertz CT molecular complexity index is 5490. The lowest BCUT2D eigenvalue weighted by Gasteiger charge is -2.34. The minimum absolute atomic E-state index is 0.253. The van der Waals surface area contributed by atoms with Crippen molar-refractivity contribution < 1.29 is 33.0 Å². The van der Waals surface area contributed by atoms with Gasteiger partial charge in [0.05, 0.1) is 22.1 Å². The zero-order valence-electron chi connectivity index (χ0n) is 67.3. The van der Waals surface area contributed by atoms with Crippen LogP contribution < -0.4 is 65.7 Å². The molecule has 6 aromatic carbocycles. The fourth-order valence-electron chi connectivity index (χ4n) is 13.5. The van der Waals surface area contributed by atoms with Crippen LogP contribution in [0.15, 0.2) is 196 Å². The molecule has 0 saturated carbocycles. The molecule has 12 aromatic rings. The molecule has 0 radical (unpaired) electrons. The third kappa shape index (κ3) is 21.3. The highest BCUT2D eigenvalue weighted by atomic mass is 19.1. The maximum absolute atomic E-state index is 15.1. The van der Waals surface area contributed by atoms with E-state index < -0.39 is 0 Å². The van der Waals surface area contributed by atoms with E-state index in [0.717, 1.165) is 123 Å². The van der Waals surface area contributed by atoms with Gasteiger partial charge in [-0.25, -0.2) is 4.39 Å². The van der Waals surface area contributed by atoms with Gasteiger partial charge < -0.3 is 105 Å². The van der Waals surface area contributed by atoms with Gasteiger partial charge in [-0.15, -0.1) is 0 Å². The van der Waals surface area contributed by atoms with Crippen molar-refractivity contribution in [3.63, 3.8) is 0 Å². The van der Waals surface area contributed by atoms with E-state index in [4.69, 9.17) is 34.1 Å². The Morgan fingerprint density at radius 3 is 1.12 bits per heavy atom. The molecule has 3 amide bonds. The number of likely N-dealkylation sites (N-methyl/N-ethyl adjacent to an activating group) is 3. The van der Waals surface area contributed by atoms with Gasteiger partial charge in [0.1, 0.15) is 45.4 Å². The lowest BCUT2D eigenvalue weighted by molar-refractivity contribution is -0.112. The highest BCUT2D eigenvalue weighted by Crippen LogP contribution is 2.39. The van der Waals surface area contributed by atoms with E-state index in [1.807, 2.05) is 119 Å². The zero-order chi connectivity index (χ0) is 82.2. The molecule has 31 heteroatoms. The van der Waals surface area contributed by atoms with Crippen LogP contribution in [-0.4, -0.2) is 229 Å². The number of halogens is 1. The molecule has 6 aromatic heterocycles. The van der Waals surface area contributed by atoms with E-state index in [1.54, 1.807) is 60.7 Å². The first-order valence-corrected chi connectivity index (χ1v) is 38.4. The smallest absolute Gasteiger partial charge is 0.247 e. The normalized spacial score (nSPS) is 13.9. The highest BCUT2D eigenvalue weighted by molar-refractivity contribution is 6.01. The second kappa shape index (κ2) is 37.7. The molecular weight excluding hydrogens is 1480 g/mol. The van der Waals surface area contributed by atoms with E-state index in [0.29, 0.717) is 105 Å². The van der Waals surface area contributed by atoms with E-state index >= 15 is 4.39 Å². The molecule has 0 atom stereocenters. The summed E-state index contributed by atoms with van der Waals surface area (Å²) in [5, 5.41) is 20.3. The number of H-pyrrole nitrogens is 3. The SMILES string of the molecule is C=CC(=O)Nc1cccc(Oc2nc(Nc3ccc(N4CCN(C)CC4)c(F)c3)nc3[nH]cc(CN(C)C)c23)c1.C=CC(=O)Nc1cccc(Oc2nc(Nc3ccc(N4CCN(C)CC4)cc3)nc3[nH]cc(CN(C)C)c23)c1.C=CC(=O)Nc1cccc(Oc2nc(Nc3ccc(N4CCN(C)CC4)cc3)nc3[nH]cc(N(C)C)c23)c1. The number of carbonyl (C=O) groups excluding carboxylic acids is 3. The van der Waals surface area contributed by atoms with Gasteiger partial charge in [0, 0.05) is 188 Å². The van der Waals surface area contributed by atoms with Crippen molar-refractivity contribution in [1.29, 1.82) is 0 Å². The first kappa shape index (κ1) is 81.6. The molecule has 3 aliphatic rings. The summed E-state index contributed by atoms with van der Waals surface area (Å²) in [6, 6.07) is 43.0. The molecule has 3 aliphatic heterocycles. The molecule has 9 N–H and O–H groups in total. The van der Waals surface area contributed by atoms with Crippen molar-refractivity contribution >= 4 is 126 Å². The van der Waals surface area contributed by atoms with Crippen molar-refractivity contribution in [2.24, 2.45) is 0 Å². The number of nitrogens with zero attached hydrogens (tertiary/aromatic N) is 15. The standard InChI is InChI=1S/C29H33FN8O2.C29H34N8O2.C28H32N8O2/c1-5-25(39)32-20-7-6-8-22(15-20)40-28-26-19(18-36(2)3)17-31-27(26)34-29(35-28)33-21-9-10-24(23(30)16-21)38-13-11-37(4)12-14-38;1-5-25(38)31-22-7-6-8-24(17-22)39-28-26-20(19-35(2)3)18-30-27(26)33-29(34-28)32-21-9-11-23(12-10-21)37-15-13-36(4)14-16-37;1-5-24(37)30-20-7-6-8-22(17-20)38-27-25-23(34(2)3)18-29-26(25)32-28(33-27)31-19-9-11-21(12-10-19)36-15-13-35(4)14-16-36/h5-10,15-17H,1,11-14,18H2,2-4H3,(H,32,39)(H2,31,33,34,35);5-12,17-18H,1,13-16,19H2,2-4H3,(H,31,38)(H2,30,32,33,34);5-12,17-18H,1,13-16H2,2-4H3,(H,30,37)(H2,29,31,32,33). The Balaban J connectivity index is 0.000000152. The van der Waals surface area contributed by atoms with Gasteiger partial charge in [-0.3, -0.25) is 14.4 Å². The second-order valence-corrected chi connectivity index (χ2v) is 29.4. The highest BCUT2D eigenvalue weighted by Gasteiger charge is 2.25. The molecular formula is C86H99FN24O6. The fourth-order valence-corrected chi connectivity index (χ4v) is 13.5. The number of ether oxygens (including phenoxy) is 3. The van der Waals surface area contributed by atoms with Gasteiger partial charge in [-0.1, -0.05) is 37.9 Å². The Hall–Kier alpha value is -13.5. The van der Waals surface area contributed by atoms with E-state index in [9.17, 15) is 14.4 Å². The average molecular weight is 1580 g/mol. The number of fused-ring (bicyclic) bond motifs is 3. The van der Waals surface area contributed by atoms with Crippen LogP contribution >= 0.6 is 0 Å². The molecule has 30 nitrogen and oxygen atoms in total. The summed E-state index contributed by atoms with van der Waals surface area (Å²) in [5.41, 5.74) is 11.8. The van der Waals surface area contributed by atoms with Crippen molar-refractivity contribution in [1.82, 2.24) is 69.4 Å². The predicted molar refractivity (Wildman–Crippen MR) is 465 cm³/mol. The minimum atomic E-state index is -0.321. The molecule has 0 bridgehead atoms. The van der Waals surface area contributed by atoms with Gasteiger partial charge in [0.2, 0.25) is 53.2 Å². The molecule has 0 aliphatic carbocycles. The second-order valence-electron chi connectivity index (χ2n) is 29.4. The summed E-state index contributed by atoms with van der Waals surface area (Å²) in [5.74, 6) is 2.54. The van der Waals surface area contributed by atoms with Gasteiger partial charge >= 0.3 is 0 Å². The van der Waals surface area contributed by atoms with Crippen LogP contribution in [0.3, 0.4) is 0 Å². The topological polar surface area (TPSA) is 305 Å². The molecule has 0 unspecified atom stereocenters. The van der Waals surface area contributed by atoms with Gasteiger partial charge in [0.25, 0.3) is 0 Å². The van der Waals surface area contributed by atoms with Crippen molar-refractivity contribution in [2.75, 3.05) is 193 Å². The Morgan fingerprint density at radius 1 is 0.419 bits per heavy atom. The lowest BCUT2D eigenvalue weighted by atomic mass is 10.2.